The van der Waals surface area contributed by atoms with E-state index in [0.717, 1.165) is 60.1 Å². The Kier molecular flexibility index (Phi) is 11.3. The highest BCUT2D eigenvalue weighted by molar-refractivity contribution is 5.79. The first-order chi connectivity index (χ1) is 20.6. The van der Waals surface area contributed by atoms with Gasteiger partial charge in [-0.2, -0.15) is 0 Å². The number of para-hydroxylation sites is 2. The van der Waals surface area contributed by atoms with Gasteiger partial charge in [-0.05, 0) is 42.2 Å². The van der Waals surface area contributed by atoms with Crippen LogP contribution in [0.3, 0.4) is 0 Å². The standard InChI is InChI=1S/C34H49N3O6/c1-6-7-17-35(18-10-19-37(2,3)4)32(38)24-36-23-27(25-13-14-29-26(22-25)15-20-42-29)33(34(39)40)28(36)16-21-43-31-12-9-8-11-30(31)41-5/h8-9,11-14,22,27-28,33H,6-7,10,15-21,23-24H2,1-5H3/p+1/t27-,28+,33-/m1/s1. The van der Waals surface area contributed by atoms with Crippen LogP contribution in [0.1, 0.15) is 49.7 Å². The van der Waals surface area contributed by atoms with Crippen molar-refractivity contribution in [1.29, 1.82) is 0 Å². The number of quaternary nitrogens is 1. The summed E-state index contributed by atoms with van der Waals surface area (Å²) in [6.07, 6.45) is 4.18. The smallest absolute Gasteiger partial charge is 0.308 e. The fourth-order valence-corrected chi connectivity index (χ4v) is 6.37. The number of unbranched alkanes of at least 4 members (excludes halogenated alkanes) is 1. The van der Waals surface area contributed by atoms with Gasteiger partial charge in [0.15, 0.2) is 11.5 Å². The van der Waals surface area contributed by atoms with Gasteiger partial charge in [0.25, 0.3) is 0 Å². The van der Waals surface area contributed by atoms with Gasteiger partial charge in [-0.25, -0.2) is 0 Å². The van der Waals surface area contributed by atoms with Gasteiger partial charge in [-0.15, -0.1) is 0 Å². The first-order valence-electron chi connectivity index (χ1n) is 15.7. The Morgan fingerprint density at radius 3 is 2.53 bits per heavy atom. The van der Waals surface area contributed by atoms with Gasteiger partial charge in [-0.1, -0.05) is 37.6 Å². The Hall–Kier alpha value is -3.30. The van der Waals surface area contributed by atoms with Crippen molar-refractivity contribution in [1.82, 2.24) is 9.80 Å². The van der Waals surface area contributed by atoms with Gasteiger partial charge < -0.3 is 28.7 Å². The van der Waals surface area contributed by atoms with Crippen LogP contribution in [-0.4, -0.2) is 111 Å². The zero-order chi connectivity index (χ0) is 31.0. The SMILES string of the molecule is CCCCN(CCC[N+](C)(C)C)C(=O)CN1C[C@H](c2ccc3c(c2)CCO3)[C@@H](C(=O)O)[C@@H]1CCOc1ccccc1OC. The van der Waals surface area contributed by atoms with Gasteiger partial charge in [0, 0.05) is 44.4 Å². The number of likely N-dealkylation sites (tertiary alicyclic amines) is 1. The van der Waals surface area contributed by atoms with Crippen molar-refractivity contribution < 1.29 is 33.4 Å². The maximum atomic E-state index is 13.8. The zero-order valence-electron chi connectivity index (χ0n) is 26.6. The van der Waals surface area contributed by atoms with E-state index in [9.17, 15) is 14.7 Å². The predicted octanol–water partition coefficient (Wildman–Crippen LogP) is 4.29. The molecule has 0 saturated carbocycles. The van der Waals surface area contributed by atoms with Crippen LogP contribution in [0.25, 0.3) is 0 Å². The van der Waals surface area contributed by atoms with Gasteiger partial charge >= 0.3 is 5.97 Å². The second kappa shape index (κ2) is 14.9. The maximum absolute atomic E-state index is 13.8. The number of carboxylic acid groups (broad SMARTS) is 1. The quantitative estimate of drug-likeness (QED) is 0.289. The Labute approximate surface area is 256 Å². The summed E-state index contributed by atoms with van der Waals surface area (Å²) in [6.45, 7) is 6.21. The average molecular weight is 597 g/mol. The van der Waals surface area contributed by atoms with Gasteiger partial charge in [0.1, 0.15) is 5.75 Å². The number of rotatable bonds is 16. The molecule has 4 rings (SSSR count). The number of benzene rings is 2. The third kappa shape index (κ3) is 8.63. The van der Waals surface area contributed by atoms with E-state index in [0.29, 0.717) is 44.2 Å². The first kappa shape index (κ1) is 32.6. The summed E-state index contributed by atoms with van der Waals surface area (Å²) < 4.78 is 18.1. The van der Waals surface area contributed by atoms with Crippen molar-refractivity contribution >= 4 is 11.9 Å². The van der Waals surface area contributed by atoms with Crippen molar-refractivity contribution in [3.8, 4) is 17.2 Å². The van der Waals surface area contributed by atoms with E-state index in [2.05, 4.69) is 39.0 Å². The molecule has 9 heteroatoms. The minimum atomic E-state index is -0.843. The molecule has 0 aromatic heterocycles. The summed E-state index contributed by atoms with van der Waals surface area (Å²) in [7, 11) is 8.09. The number of amides is 1. The lowest BCUT2D eigenvalue weighted by atomic mass is 9.83. The van der Waals surface area contributed by atoms with Crippen LogP contribution >= 0.6 is 0 Å². The second-order valence-electron chi connectivity index (χ2n) is 12.8. The van der Waals surface area contributed by atoms with E-state index in [1.807, 2.05) is 41.3 Å². The number of nitrogens with zero attached hydrogens (tertiary/aromatic N) is 3. The molecule has 0 spiro atoms. The minimum absolute atomic E-state index is 0.0673. The molecule has 3 atom stereocenters. The minimum Gasteiger partial charge on any atom is -0.493 e. The third-order valence-electron chi connectivity index (χ3n) is 8.64. The van der Waals surface area contributed by atoms with Crippen LogP contribution < -0.4 is 14.2 Å². The fourth-order valence-electron chi connectivity index (χ4n) is 6.37. The maximum Gasteiger partial charge on any atom is 0.308 e. The fraction of sp³-hybridized carbons (Fsp3) is 0.588. The van der Waals surface area contributed by atoms with Crippen molar-refractivity contribution in [3.63, 3.8) is 0 Å². The second-order valence-corrected chi connectivity index (χ2v) is 12.8. The molecule has 0 bridgehead atoms. The number of ether oxygens (including phenoxy) is 3. The summed E-state index contributed by atoms with van der Waals surface area (Å²) in [4.78, 5) is 30.8. The summed E-state index contributed by atoms with van der Waals surface area (Å²) in [5.74, 6) is 0.446. The number of fused-ring (bicyclic) bond motifs is 1. The summed E-state index contributed by atoms with van der Waals surface area (Å²) in [6, 6.07) is 13.2. The molecule has 9 nitrogen and oxygen atoms in total. The number of methoxy groups -OCH3 is 1. The molecule has 1 N–H and O–H groups in total. The molecule has 2 heterocycles. The van der Waals surface area contributed by atoms with Crippen LogP contribution in [-0.2, 0) is 16.0 Å². The van der Waals surface area contributed by atoms with Crippen LogP contribution in [0.2, 0.25) is 0 Å². The molecule has 43 heavy (non-hydrogen) atoms. The van der Waals surface area contributed by atoms with Crippen molar-refractivity contribution in [2.45, 2.75) is 51.0 Å². The monoisotopic (exact) mass is 596 g/mol. The summed E-state index contributed by atoms with van der Waals surface area (Å²) in [5, 5.41) is 10.6. The largest absolute Gasteiger partial charge is 0.493 e. The lowest BCUT2D eigenvalue weighted by Crippen LogP contribution is -2.46. The lowest BCUT2D eigenvalue weighted by molar-refractivity contribution is -0.870. The first-order valence-corrected chi connectivity index (χ1v) is 15.7. The highest BCUT2D eigenvalue weighted by Crippen LogP contribution is 2.41. The number of carbonyl (C=O) groups excluding carboxylic acids is 1. The summed E-state index contributed by atoms with van der Waals surface area (Å²) >= 11 is 0. The van der Waals surface area contributed by atoms with E-state index in [1.54, 1.807) is 7.11 Å². The Balaban J connectivity index is 1.55. The molecule has 236 valence electrons. The van der Waals surface area contributed by atoms with Crippen LogP contribution in [0.15, 0.2) is 42.5 Å². The number of carbonyl (C=O) groups is 2. The predicted molar refractivity (Wildman–Crippen MR) is 167 cm³/mol. The molecule has 0 aliphatic carbocycles. The normalized spacial score (nSPS) is 20.0. The molecule has 2 aromatic rings. The van der Waals surface area contributed by atoms with Gasteiger partial charge in [-0.3, -0.25) is 14.5 Å². The summed E-state index contributed by atoms with van der Waals surface area (Å²) in [5.41, 5.74) is 2.11. The average Bonchev–Trinajstić information content (AvgIpc) is 3.58. The van der Waals surface area contributed by atoms with Gasteiger partial charge in [0.2, 0.25) is 5.91 Å². The zero-order valence-corrected chi connectivity index (χ0v) is 26.6. The molecule has 2 aliphatic heterocycles. The molecule has 1 fully saturated rings. The van der Waals surface area contributed by atoms with Crippen LogP contribution in [0, 0.1) is 5.92 Å². The van der Waals surface area contributed by atoms with E-state index >= 15 is 0 Å². The topological polar surface area (TPSA) is 88.5 Å². The third-order valence-corrected chi connectivity index (χ3v) is 8.64. The molecular weight excluding hydrogens is 546 g/mol. The molecule has 2 aromatic carbocycles. The van der Waals surface area contributed by atoms with Crippen molar-refractivity contribution in [2.24, 2.45) is 5.92 Å². The highest BCUT2D eigenvalue weighted by Gasteiger charge is 2.47. The van der Waals surface area contributed by atoms with Crippen LogP contribution in [0.5, 0.6) is 17.2 Å². The molecule has 1 amide bonds. The lowest BCUT2D eigenvalue weighted by Gasteiger charge is -2.30. The number of carboxylic acids is 1. The highest BCUT2D eigenvalue weighted by atomic mass is 16.5. The molecule has 1 saturated heterocycles. The molecule has 0 radical (unpaired) electrons. The van der Waals surface area contributed by atoms with Crippen LogP contribution in [0.4, 0.5) is 0 Å². The number of hydrogen-bond donors (Lipinski definition) is 1. The molecule has 2 aliphatic rings. The van der Waals surface area contributed by atoms with Crippen molar-refractivity contribution in [2.75, 3.05) is 74.2 Å². The Morgan fingerprint density at radius 2 is 1.84 bits per heavy atom. The van der Waals surface area contributed by atoms with Crippen molar-refractivity contribution in [3.05, 3.63) is 53.6 Å². The molecule has 0 unspecified atom stereocenters. The van der Waals surface area contributed by atoms with Gasteiger partial charge in [0.05, 0.1) is 60.5 Å². The Bertz CT molecular complexity index is 1230. The number of hydrogen-bond acceptors (Lipinski definition) is 6. The Morgan fingerprint density at radius 1 is 1.09 bits per heavy atom. The van der Waals surface area contributed by atoms with E-state index in [-0.39, 0.29) is 24.4 Å². The number of aliphatic carboxylic acids is 1. The molecular formula is C34H50N3O6+. The van der Waals surface area contributed by atoms with E-state index in [1.165, 1.54) is 0 Å². The van der Waals surface area contributed by atoms with E-state index < -0.39 is 11.9 Å². The van der Waals surface area contributed by atoms with E-state index in [4.69, 9.17) is 14.2 Å².